The predicted octanol–water partition coefficient (Wildman–Crippen LogP) is 2.68. The third kappa shape index (κ3) is 2.54. The summed E-state index contributed by atoms with van der Waals surface area (Å²) in [4.78, 5) is 0. The van der Waals surface area contributed by atoms with Crippen LogP contribution in [0.2, 0.25) is 0 Å². The van der Waals surface area contributed by atoms with Crippen molar-refractivity contribution in [2.75, 3.05) is 0 Å². The van der Waals surface area contributed by atoms with Crippen molar-refractivity contribution in [2.45, 2.75) is 58.0 Å². The summed E-state index contributed by atoms with van der Waals surface area (Å²) in [6.07, 6.45) is 10.2. The molecular formula is C14H24N2O. The first-order chi connectivity index (χ1) is 7.93. The summed E-state index contributed by atoms with van der Waals surface area (Å²) in [5.41, 5.74) is 0.774. The van der Waals surface area contributed by atoms with Crippen molar-refractivity contribution in [1.29, 1.82) is 0 Å². The van der Waals surface area contributed by atoms with Gasteiger partial charge in [-0.25, -0.2) is 0 Å². The summed E-state index contributed by atoms with van der Waals surface area (Å²) in [7, 11) is 1.93. The van der Waals surface area contributed by atoms with E-state index >= 15 is 0 Å². The molecule has 3 heteroatoms. The van der Waals surface area contributed by atoms with Crippen LogP contribution in [-0.2, 0) is 13.5 Å². The van der Waals surface area contributed by atoms with Gasteiger partial charge in [-0.1, -0.05) is 26.7 Å². The van der Waals surface area contributed by atoms with Crippen LogP contribution >= 0.6 is 0 Å². The summed E-state index contributed by atoms with van der Waals surface area (Å²) in [6.45, 7) is 4.41. The largest absolute Gasteiger partial charge is 0.389 e. The minimum Gasteiger partial charge on any atom is -0.389 e. The Morgan fingerprint density at radius 3 is 2.65 bits per heavy atom. The van der Waals surface area contributed by atoms with E-state index in [1.54, 1.807) is 0 Å². The first-order valence-corrected chi connectivity index (χ1v) is 6.63. The molecule has 1 fully saturated rings. The van der Waals surface area contributed by atoms with Gasteiger partial charge in [-0.05, 0) is 36.7 Å². The fraction of sp³-hybridized carbons (Fsp3) is 0.786. The van der Waals surface area contributed by atoms with Gasteiger partial charge in [0.25, 0.3) is 0 Å². The summed E-state index contributed by atoms with van der Waals surface area (Å²) in [6, 6.07) is 0. The van der Waals surface area contributed by atoms with Crippen LogP contribution in [0, 0.1) is 5.41 Å². The van der Waals surface area contributed by atoms with Crippen molar-refractivity contribution in [2.24, 2.45) is 12.5 Å². The van der Waals surface area contributed by atoms with Crippen LogP contribution < -0.4 is 0 Å². The smallest absolute Gasteiger partial charge is 0.0701 e. The summed E-state index contributed by atoms with van der Waals surface area (Å²) in [5, 5.41) is 15.0. The molecule has 1 saturated carbocycles. The first-order valence-electron chi connectivity index (χ1n) is 6.63. The summed E-state index contributed by atoms with van der Waals surface area (Å²) >= 11 is 0. The van der Waals surface area contributed by atoms with Gasteiger partial charge in [0.15, 0.2) is 0 Å². The topological polar surface area (TPSA) is 38.0 Å². The highest BCUT2D eigenvalue weighted by atomic mass is 16.3. The van der Waals surface area contributed by atoms with Gasteiger partial charge in [0.1, 0.15) is 0 Å². The maximum absolute atomic E-state index is 10.8. The van der Waals surface area contributed by atoms with E-state index in [9.17, 15) is 5.11 Å². The molecule has 1 heterocycles. The van der Waals surface area contributed by atoms with Gasteiger partial charge < -0.3 is 5.11 Å². The van der Waals surface area contributed by atoms with Crippen molar-refractivity contribution in [3.8, 4) is 0 Å². The van der Waals surface area contributed by atoms with Crippen molar-refractivity contribution in [3.05, 3.63) is 18.0 Å². The number of aromatic nitrogens is 2. The third-order valence-corrected chi connectivity index (χ3v) is 4.49. The fourth-order valence-electron chi connectivity index (χ4n) is 2.97. The number of hydrogen-bond donors (Lipinski definition) is 1. The Labute approximate surface area is 104 Å². The molecule has 96 valence electrons. The van der Waals surface area contributed by atoms with E-state index < -0.39 is 5.60 Å². The number of nitrogens with zero attached hydrogens (tertiary/aromatic N) is 2. The molecule has 1 unspecified atom stereocenters. The molecule has 0 saturated heterocycles. The average Bonchev–Trinajstić information content (AvgIpc) is 2.66. The first kappa shape index (κ1) is 12.6. The third-order valence-electron chi connectivity index (χ3n) is 4.49. The number of hydrogen-bond acceptors (Lipinski definition) is 2. The van der Waals surface area contributed by atoms with E-state index in [-0.39, 0.29) is 5.41 Å². The molecule has 0 radical (unpaired) electrons. The molecule has 1 atom stereocenters. The Kier molecular flexibility index (Phi) is 3.30. The van der Waals surface area contributed by atoms with Gasteiger partial charge in [0.2, 0.25) is 0 Å². The lowest BCUT2D eigenvalue weighted by Gasteiger charge is -2.46. The van der Waals surface area contributed by atoms with Crippen LogP contribution in [0.1, 0.15) is 51.5 Å². The van der Waals surface area contributed by atoms with E-state index in [4.69, 9.17) is 0 Å². The molecule has 0 aliphatic heterocycles. The van der Waals surface area contributed by atoms with Gasteiger partial charge in [-0.3, -0.25) is 4.68 Å². The molecule has 0 amide bonds. The molecule has 17 heavy (non-hydrogen) atoms. The Bertz CT molecular complexity index is 383. The maximum atomic E-state index is 10.8. The van der Waals surface area contributed by atoms with Crippen LogP contribution in [0.15, 0.2) is 12.4 Å². The summed E-state index contributed by atoms with van der Waals surface area (Å²) in [5.74, 6) is 0. The lowest BCUT2D eigenvalue weighted by atomic mass is 9.63. The zero-order chi connectivity index (χ0) is 12.5. The fourth-order valence-corrected chi connectivity index (χ4v) is 2.97. The van der Waals surface area contributed by atoms with Gasteiger partial charge in [-0.15, -0.1) is 0 Å². The van der Waals surface area contributed by atoms with Gasteiger partial charge in [-0.2, -0.15) is 5.10 Å². The molecule has 1 aliphatic carbocycles. The second-order valence-corrected chi connectivity index (χ2v) is 6.14. The average molecular weight is 236 g/mol. The molecule has 2 rings (SSSR count). The standard InChI is InChI=1S/C14H24N2O/c1-13(2)7-4-5-8-14(13,17)9-6-12-10-15-16(3)11-12/h10-11,17H,4-9H2,1-3H3. The Balaban J connectivity index is 2.01. The van der Waals surface area contributed by atoms with Gasteiger partial charge in [0, 0.05) is 13.2 Å². The van der Waals surface area contributed by atoms with E-state index in [0.717, 1.165) is 32.1 Å². The van der Waals surface area contributed by atoms with E-state index in [1.807, 2.05) is 24.1 Å². The second-order valence-electron chi connectivity index (χ2n) is 6.14. The predicted molar refractivity (Wildman–Crippen MR) is 68.7 cm³/mol. The normalized spacial score (nSPS) is 28.2. The highest BCUT2D eigenvalue weighted by Crippen LogP contribution is 2.46. The molecule has 3 nitrogen and oxygen atoms in total. The van der Waals surface area contributed by atoms with E-state index in [2.05, 4.69) is 18.9 Å². The van der Waals surface area contributed by atoms with Crippen LogP contribution in [0.25, 0.3) is 0 Å². The highest BCUT2D eigenvalue weighted by Gasteiger charge is 2.44. The van der Waals surface area contributed by atoms with Crippen molar-refractivity contribution >= 4 is 0 Å². The van der Waals surface area contributed by atoms with Crippen LogP contribution in [0.3, 0.4) is 0 Å². The van der Waals surface area contributed by atoms with Crippen molar-refractivity contribution in [1.82, 2.24) is 9.78 Å². The minimum absolute atomic E-state index is 0.0491. The van der Waals surface area contributed by atoms with E-state index in [1.165, 1.54) is 12.0 Å². The Morgan fingerprint density at radius 1 is 1.35 bits per heavy atom. The molecule has 1 aromatic heterocycles. The maximum Gasteiger partial charge on any atom is 0.0701 e. The Morgan fingerprint density at radius 2 is 2.06 bits per heavy atom. The molecule has 1 aromatic rings. The van der Waals surface area contributed by atoms with Crippen molar-refractivity contribution < 1.29 is 5.11 Å². The number of rotatable bonds is 3. The zero-order valence-electron chi connectivity index (χ0n) is 11.2. The molecule has 0 bridgehead atoms. The van der Waals surface area contributed by atoms with Crippen LogP contribution in [0.5, 0.6) is 0 Å². The van der Waals surface area contributed by atoms with Crippen LogP contribution in [0.4, 0.5) is 0 Å². The highest BCUT2D eigenvalue weighted by molar-refractivity contribution is 5.06. The lowest BCUT2D eigenvalue weighted by molar-refractivity contribution is -0.102. The minimum atomic E-state index is -0.499. The second kappa shape index (κ2) is 4.45. The number of aliphatic hydroxyl groups is 1. The van der Waals surface area contributed by atoms with Crippen molar-refractivity contribution in [3.63, 3.8) is 0 Å². The van der Waals surface area contributed by atoms with Gasteiger partial charge in [0.05, 0.1) is 11.8 Å². The molecule has 1 aliphatic rings. The summed E-state index contributed by atoms with van der Waals surface area (Å²) < 4.78 is 1.82. The van der Waals surface area contributed by atoms with E-state index in [0.29, 0.717) is 0 Å². The molecular weight excluding hydrogens is 212 g/mol. The number of aryl methyl sites for hydroxylation is 2. The lowest BCUT2D eigenvalue weighted by Crippen LogP contribution is -2.47. The zero-order valence-corrected chi connectivity index (χ0v) is 11.2. The molecule has 0 aromatic carbocycles. The van der Waals surface area contributed by atoms with Crippen LogP contribution in [-0.4, -0.2) is 20.5 Å². The Hall–Kier alpha value is -0.830. The van der Waals surface area contributed by atoms with Gasteiger partial charge >= 0.3 is 0 Å². The quantitative estimate of drug-likeness (QED) is 0.876. The molecule has 0 spiro atoms. The molecule has 1 N–H and O–H groups in total. The monoisotopic (exact) mass is 236 g/mol. The SMILES string of the molecule is Cn1cc(CCC2(O)CCCCC2(C)C)cn1.